The molecule has 0 amide bonds. The normalized spacial score (nSPS) is 12.2. The molecule has 0 aliphatic rings. The van der Waals surface area contributed by atoms with Gasteiger partial charge < -0.3 is 19.4 Å². The summed E-state index contributed by atoms with van der Waals surface area (Å²) < 4.78 is 38.6. The van der Waals surface area contributed by atoms with Gasteiger partial charge in [0.15, 0.2) is 0 Å². The maximum absolute atomic E-state index is 12.7. The SMILES string of the molecule is CNCc1cc(S(=O)(=O)N(CCOC)CCOC)cn1C. The van der Waals surface area contributed by atoms with E-state index in [1.807, 2.05) is 18.7 Å². The molecule has 0 aliphatic carbocycles. The number of hydrogen-bond acceptors (Lipinski definition) is 5. The topological polar surface area (TPSA) is 72.8 Å². The lowest BCUT2D eigenvalue weighted by Crippen LogP contribution is -2.36. The summed E-state index contributed by atoms with van der Waals surface area (Å²) in [5.74, 6) is 0. The summed E-state index contributed by atoms with van der Waals surface area (Å²) in [4.78, 5) is 0.294. The number of rotatable bonds is 10. The van der Waals surface area contributed by atoms with Crippen molar-refractivity contribution in [3.63, 3.8) is 0 Å². The molecule has 1 N–H and O–H groups in total. The fourth-order valence-electron chi connectivity index (χ4n) is 1.96. The van der Waals surface area contributed by atoms with Crippen LogP contribution < -0.4 is 5.32 Å². The Balaban J connectivity index is 3.00. The molecular formula is C13H25N3O4S. The van der Waals surface area contributed by atoms with Gasteiger partial charge in [-0.15, -0.1) is 0 Å². The van der Waals surface area contributed by atoms with E-state index in [9.17, 15) is 8.42 Å². The maximum atomic E-state index is 12.7. The highest BCUT2D eigenvalue weighted by atomic mass is 32.2. The van der Waals surface area contributed by atoms with E-state index in [4.69, 9.17) is 9.47 Å². The molecule has 0 fully saturated rings. The Hall–Kier alpha value is -0.930. The van der Waals surface area contributed by atoms with Crippen molar-refractivity contribution in [1.29, 1.82) is 0 Å². The van der Waals surface area contributed by atoms with Crippen molar-refractivity contribution < 1.29 is 17.9 Å². The van der Waals surface area contributed by atoms with Crippen LogP contribution >= 0.6 is 0 Å². The van der Waals surface area contributed by atoms with E-state index in [1.165, 1.54) is 4.31 Å². The number of methoxy groups -OCH3 is 2. The van der Waals surface area contributed by atoms with E-state index in [1.54, 1.807) is 26.5 Å². The van der Waals surface area contributed by atoms with Crippen LogP contribution in [0, 0.1) is 0 Å². The summed E-state index contributed by atoms with van der Waals surface area (Å²) in [7, 11) is 3.22. The summed E-state index contributed by atoms with van der Waals surface area (Å²) in [5.41, 5.74) is 0.912. The smallest absolute Gasteiger partial charge is 0.244 e. The molecule has 0 atom stereocenters. The molecule has 1 heterocycles. The van der Waals surface area contributed by atoms with Crippen molar-refractivity contribution in [1.82, 2.24) is 14.2 Å². The number of sulfonamides is 1. The van der Waals surface area contributed by atoms with Crippen LogP contribution in [0.25, 0.3) is 0 Å². The largest absolute Gasteiger partial charge is 0.383 e. The van der Waals surface area contributed by atoms with Crippen LogP contribution in [-0.2, 0) is 33.1 Å². The Labute approximate surface area is 126 Å². The summed E-state index contributed by atoms with van der Waals surface area (Å²) >= 11 is 0. The van der Waals surface area contributed by atoms with E-state index < -0.39 is 10.0 Å². The molecule has 0 aliphatic heterocycles. The lowest BCUT2D eigenvalue weighted by atomic mass is 10.4. The molecular weight excluding hydrogens is 294 g/mol. The highest BCUT2D eigenvalue weighted by Gasteiger charge is 2.25. The molecule has 0 radical (unpaired) electrons. The van der Waals surface area contributed by atoms with E-state index in [0.29, 0.717) is 37.7 Å². The summed E-state index contributed by atoms with van der Waals surface area (Å²) in [5, 5.41) is 3.02. The van der Waals surface area contributed by atoms with Crippen molar-refractivity contribution in [3.8, 4) is 0 Å². The zero-order valence-electron chi connectivity index (χ0n) is 13.1. The van der Waals surface area contributed by atoms with Gasteiger partial charge in [0.1, 0.15) is 4.90 Å². The summed E-state index contributed by atoms with van der Waals surface area (Å²) in [6, 6.07) is 1.69. The van der Waals surface area contributed by atoms with Gasteiger partial charge in [-0.25, -0.2) is 8.42 Å². The Morgan fingerprint density at radius 1 is 1.24 bits per heavy atom. The summed E-state index contributed by atoms with van der Waals surface area (Å²) in [6.07, 6.45) is 1.63. The van der Waals surface area contributed by atoms with E-state index in [2.05, 4.69) is 5.32 Å². The monoisotopic (exact) mass is 319 g/mol. The minimum Gasteiger partial charge on any atom is -0.383 e. The Morgan fingerprint density at radius 3 is 2.29 bits per heavy atom. The highest BCUT2D eigenvalue weighted by Crippen LogP contribution is 2.18. The van der Waals surface area contributed by atoms with Crippen LogP contribution in [0.5, 0.6) is 0 Å². The lowest BCUT2D eigenvalue weighted by Gasteiger charge is -2.20. The predicted octanol–water partition coefficient (Wildman–Crippen LogP) is 0.0280. The number of ether oxygens (including phenoxy) is 2. The third kappa shape index (κ3) is 4.79. The fraction of sp³-hybridized carbons (Fsp3) is 0.692. The third-order valence-electron chi connectivity index (χ3n) is 3.17. The molecule has 0 saturated heterocycles. The second-order valence-corrected chi connectivity index (χ2v) is 6.64. The fourth-order valence-corrected chi connectivity index (χ4v) is 3.47. The average Bonchev–Trinajstić information content (AvgIpc) is 2.81. The van der Waals surface area contributed by atoms with Crippen molar-refractivity contribution >= 4 is 10.0 Å². The molecule has 122 valence electrons. The maximum Gasteiger partial charge on any atom is 0.244 e. The average molecular weight is 319 g/mol. The second kappa shape index (κ2) is 8.50. The molecule has 7 nitrogen and oxygen atoms in total. The molecule has 0 bridgehead atoms. The minimum absolute atomic E-state index is 0.294. The first-order valence-corrected chi connectivity index (χ1v) is 8.19. The second-order valence-electron chi connectivity index (χ2n) is 4.70. The van der Waals surface area contributed by atoms with Crippen LogP contribution in [0.2, 0.25) is 0 Å². The zero-order valence-corrected chi connectivity index (χ0v) is 13.9. The Kier molecular flexibility index (Phi) is 7.33. The number of aryl methyl sites for hydroxylation is 1. The number of nitrogens with zero attached hydrogens (tertiary/aromatic N) is 2. The molecule has 21 heavy (non-hydrogen) atoms. The molecule has 0 spiro atoms. The first-order chi connectivity index (χ1) is 9.97. The minimum atomic E-state index is -3.54. The number of nitrogens with one attached hydrogen (secondary N) is 1. The van der Waals surface area contributed by atoms with Crippen molar-refractivity contribution in [2.75, 3.05) is 47.6 Å². The number of hydrogen-bond donors (Lipinski definition) is 1. The van der Waals surface area contributed by atoms with E-state index in [-0.39, 0.29) is 0 Å². The van der Waals surface area contributed by atoms with Gasteiger partial charge >= 0.3 is 0 Å². The van der Waals surface area contributed by atoms with Crippen LogP contribution in [0.4, 0.5) is 0 Å². The van der Waals surface area contributed by atoms with Gasteiger partial charge in [-0.2, -0.15) is 4.31 Å². The van der Waals surface area contributed by atoms with Gasteiger partial charge in [0, 0.05) is 52.8 Å². The molecule has 1 aromatic heterocycles. The van der Waals surface area contributed by atoms with Crippen molar-refractivity contribution in [2.24, 2.45) is 7.05 Å². The van der Waals surface area contributed by atoms with Crippen LogP contribution in [-0.4, -0.2) is 64.9 Å². The first-order valence-electron chi connectivity index (χ1n) is 6.75. The zero-order chi connectivity index (χ0) is 15.9. The Morgan fingerprint density at radius 2 is 1.81 bits per heavy atom. The van der Waals surface area contributed by atoms with Gasteiger partial charge in [-0.3, -0.25) is 0 Å². The Bertz CT molecular complexity index is 520. The van der Waals surface area contributed by atoms with Crippen molar-refractivity contribution in [2.45, 2.75) is 11.4 Å². The molecule has 1 rings (SSSR count). The molecule has 0 saturated carbocycles. The molecule has 1 aromatic rings. The van der Waals surface area contributed by atoms with E-state index >= 15 is 0 Å². The van der Waals surface area contributed by atoms with Crippen LogP contribution in [0.1, 0.15) is 5.69 Å². The predicted molar refractivity (Wildman–Crippen MR) is 80.7 cm³/mol. The van der Waals surface area contributed by atoms with Crippen LogP contribution in [0.3, 0.4) is 0 Å². The molecule has 8 heteroatoms. The van der Waals surface area contributed by atoms with Crippen LogP contribution in [0.15, 0.2) is 17.2 Å². The highest BCUT2D eigenvalue weighted by molar-refractivity contribution is 7.89. The van der Waals surface area contributed by atoms with Gasteiger partial charge in [0.25, 0.3) is 0 Å². The van der Waals surface area contributed by atoms with Gasteiger partial charge in [-0.1, -0.05) is 0 Å². The molecule has 0 aromatic carbocycles. The third-order valence-corrected chi connectivity index (χ3v) is 5.03. The quantitative estimate of drug-likeness (QED) is 0.659. The van der Waals surface area contributed by atoms with Gasteiger partial charge in [-0.05, 0) is 13.1 Å². The van der Waals surface area contributed by atoms with Gasteiger partial charge in [0.2, 0.25) is 10.0 Å². The lowest BCUT2D eigenvalue weighted by molar-refractivity contribution is 0.150. The van der Waals surface area contributed by atoms with Crippen molar-refractivity contribution in [3.05, 3.63) is 18.0 Å². The standard InChI is InChI=1S/C13H25N3O4S/c1-14-10-12-9-13(11-15(12)2)21(17,18)16(5-7-19-3)6-8-20-4/h9,11,14H,5-8,10H2,1-4H3. The first kappa shape index (κ1) is 18.1. The van der Waals surface area contributed by atoms with E-state index in [0.717, 1.165) is 5.69 Å². The number of aromatic nitrogens is 1. The summed E-state index contributed by atoms with van der Waals surface area (Å²) in [6.45, 7) is 1.91. The van der Waals surface area contributed by atoms with Gasteiger partial charge in [0.05, 0.1) is 13.2 Å². The molecule has 0 unspecified atom stereocenters.